The number of nitrogens with one attached hydrogen (secondary N) is 1. The van der Waals surface area contributed by atoms with Gasteiger partial charge in [-0.15, -0.1) is 0 Å². The van der Waals surface area contributed by atoms with E-state index < -0.39 is 0 Å². The van der Waals surface area contributed by atoms with Gasteiger partial charge >= 0.3 is 0 Å². The highest BCUT2D eigenvalue weighted by molar-refractivity contribution is 6.30. The molecule has 5 heterocycles. The number of pyridine rings is 2. The van der Waals surface area contributed by atoms with Crippen LogP contribution in [-0.4, -0.2) is 73.6 Å². The van der Waals surface area contributed by atoms with Crippen LogP contribution in [0.3, 0.4) is 0 Å². The van der Waals surface area contributed by atoms with Crippen LogP contribution in [0.1, 0.15) is 12.5 Å². The molecule has 38 heavy (non-hydrogen) atoms. The third-order valence-electron chi connectivity index (χ3n) is 7.01. The fourth-order valence-corrected chi connectivity index (χ4v) is 5.30. The maximum Gasteiger partial charge on any atom is 0.137 e. The largest absolute Gasteiger partial charge is 0.392 e. The standard InChI is InChI=1S/C29H30ClN7O/c1-20(38)17-35-7-9-36(10-8-35)28-6-5-22(13-31-28)23-12-26-27(16-33-29(26)32-14-23)24-15-34-37(19-24)18-21-3-2-4-25(30)11-21/h2-6,11-16,19-20,38H,7-10,17-18H2,1H3,(H,32,33)/t20-/m0/s1. The molecule has 0 radical (unpaired) electrons. The SMILES string of the molecule is C[C@H](O)CN1CCN(c2ccc(-c3cnc4[nH]cc(-c5cnn(Cc6cccc(Cl)c6)c5)c4c3)cn2)CC1. The van der Waals surface area contributed by atoms with E-state index in [0.717, 1.165) is 82.4 Å². The minimum absolute atomic E-state index is 0.296. The summed E-state index contributed by atoms with van der Waals surface area (Å²) in [5.41, 5.74) is 6.08. The number of benzene rings is 1. The lowest BCUT2D eigenvalue weighted by Crippen LogP contribution is -2.48. The molecule has 1 saturated heterocycles. The summed E-state index contributed by atoms with van der Waals surface area (Å²) in [6.45, 7) is 6.89. The van der Waals surface area contributed by atoms with E-state index in [1.54, 1.807) is 0 Å². The molecule has 0 bridgehead atoms. The Kier molecular flexibility index (Phi) is 6.84. The number of hydrogen-bond acceptors (Lipinski definition) is 6. The van der Waals surface area contributed by atoms with Crippen LogP contribution in [0.25, 0.3) is 33.3 Å². The highest BCUT2D eigenvalue weighted by atomic mass is 35.5. The third kappa shape index (κ3) is 5.29. The van der Waals surface area contributed by atoms with Gasteiger partial charge in [-0.1, -0.05) is 23.7 Å². The minimum Gasteiger partial charge on any atom is -0.392 e. The maximum atomic E-state index is 9.64. The summed E-state index contributed by atoms with van der Waals surface area (Å²) in [7, 11) is 0. The quantitative estimate of drug-likeness (QED) is 0.319. The molecule has 8 nitrogen and oxygen atoms in total. The number of nitrogens with zero attached hydrogens (tertiary/aromatic N) is 6. The molecule has 2 N–H and O–H groups in total. The Morgan fingerprint density at radius 2 is 1.82 bits per heavy atom. The fraction of sp³-hybridized carbons (Fsp3) is 0.276. The van der Waals surface area contributed by atoms with Gasteiger partial charge in [0.2, 0.25) is 0 Å². The molecule has 9 heteroatoms. The number of aliphatic hydroxyl groups is 1. The molecule has 0 amide bonds. The van der Waals surface area contributed by atoms with Crippen molar-refractivity contribution in [1.29, 1.82) is 0 Å². The van der Waals surface area contributed by atoms with Crippen molar-refractivity contribution in [3.05, 3.63) is 84.0 Å². The van der Waals surface area contributed by atoms with Crippen molar-refractivity contribution in [2.75, 3.05) is 37.6 Å². The molecule has 6 rings (SSSR count). The Morgan fingerprint density at radius 1 is 0.974 bits per heavy atom. The second-order valence-corrected chi connectivity index (χ2v) is 10.4. The number of hydrogen-bond donors (Lipinski definition) is 2. The van der Waals surface area contributed by atoms with Crippen LogP contribution in [0.2, 0.25) is 5.02 Å². The molecule has 194 valence electrons. The molecule has 1 atom stereocenters. The van der Waals surface area contributed by atoms with Crippen molar-refractivity contribution < 1.29 is 5.11 Å². The lowest BCUT2D eigenvalue weighted by molar-refractivity contribution is 0.122. The number of H-pyrrole nitrogens is 1. The van der Waals surface area contributed by atoms with Gasteiger partial charge in [-0.25, -0.2) is 9.97 Å². The van der Waals surface area contributed by atoms with Crippen LogP contribution in [0.5, 0.6) is 0 Å². The average molecular weight is 528 g/mol. The van der Waals surface area contributed by atoms with Crippen molar-refractivity contribution in [1.82, 2.24) is 29.6 Å². The van der Waals surface area contributed by atoms with Crippen LogP contribution in [0, 0.1) is 0 Å². The number of β-amino-alcohol motifs (C(OH)–C–C–N with tert-alkyl or cyclic N) is 1. The molecule has 5 aromatic rings. The van der Waals surface area contributed by atoms with Gasteiger partial charge in [0.05, 0.1) is 18.8 Å². The molecule has 1 aromatic carbocycles. The van der Waals surface area contributed by atoms with Crippen molar-refractivity contribution in [3.8, 4) is 22.3 Å². The van der Waals surface area contributed by atoms with E-state index in [1.807, 2.05) is 66.9 Å². The highest BCUT2D eigenvalue weighted by Crippen LogP contribution is 2.31. The number of aromatic amines is 1. The first-order valence-electron chi connectivity index (χ1n) is 12.9. The Hall–Kier alpha value is -3.72. The first-order valence-corrected chi connectivity index (χ1v) is 13.3. The number of fused-ring (bicyclic) bond motifs is 1. The zero-order chi connectivity index (χ0) is 26.1. The summed E-state index contributed by atoms with van der Waals surface area (Å²) in [5, 5.41) is 16.0. The van der Waals surface area contributed by atoms with E-state index in [4.69, 9.17) is 16.6 Å². The topological polar surface area (TPSA) is 86.1 Å². The van der Waals surface area contributed by atoms with Gasteiger partial charge < -0.3 is 15.0 Å². The van der Waals surface area contributed by atoms with E-state index in [0.29, 0.717) is 6.54 Å². The number of rotatable bonds is 7. The monoisotopic (exact) mass is 527 g/mol. The van der Waals surface area contributed by atoms with Gasteiger partial charge in [-0.2, -0.15) is 5.10 Å². The number of aromatic nitrogens is 5. The van der Waals surface area contributed by atoms with Crippen molar-refractivity contribution >= 4 is 28.5 Å². The molecule has 1 fully saturated rings. The number of piperazine rings is 1. The average Bonchev–Trinajstić information content (AvgIpc) is 3.55. The molecule has 1 aliphatic heterocycles. The van der Waals surface area contributed by atoms with Gasteiger partial charge in [-0.05, 0) is 42.8 Å². The van der Waals surface area contributed by atoms with Gasteiger partial charge in [0, 0.05) is 90.2 Å². The van der Waals surface area contributed by atoms with Crippen molar-refractivity contribution in [2.24, 2.45) is 0 Å². The molecular formula is C29H30ClN7O. The summed E-state index contributed by atoms with van der Waals surface area (Å²) in [4.78, 5) is 17.3. The van der Waals surface area contributed by atoms with E-state index in [1.165, 1.54) is 0 Å². The Labute approximate surface area is 226 Å². The van der Waals surface area contributed by atoms with Crippen LogP contribution in [0.15, 0.2) is 73.4 Å². The Balaban J connectivity index is 1.19. The zero-order valence-corrected chi connectivity index (χ0v) is 22.0. The molecule has 0 unspecified atom stereocenters. The molecule has 4 aromatic heterocycles. The van der Waals surface area contributed by atoms with Gasteiger partial charge in [0.25, 0.3) is 0 Å². The van der Waals surface area contributed by atoms with Gasteiger partial charge in [0.15, 0.2) is 0 Å². The fourth-order valence-electron chi connectivity index (χ4n) is 5.09. The van der Waals surface area contributed by atoms with Crippen LogP contribution < -0.4 is 4.90 Å². The van der Waals surface area contributed by atoms with Crippen molar-refractivity contribution in [2.45, 2.75) is 19.6 Å². The summed E-state index contributed by atoms with van der Waals surface area (Å²) >= 11 is 6.14. The molecular weight excluding hydrogens is 498 g/mol. The summed E-state index contributed by atoms with van der Waals surface area (Å²) in [6, 6.07) is 14.2. The molecule has 1 aliphatic rings. The first kappa shape index (κ1) is 24.6. The summed E-state index contributed by atoms with van der Waals surface area (Å²) in [5.74, 6) is 0.980. The third-order valence-corrected chi connectivity index (χ3v) is 7.24. The van der Waals surface area contributed by atoms with Crippen LogP contribution >= 0.6 is 11.6 Å². The van der Waals surface area contributed by atoms with Crippen molar-refractivity contribution in [3.63, 3.8) is 0 Å². The predicted octanol–water partition coefficient (Wildman–Crippen LogP) is 4.69. The summed E-state index contributed by atoms with van der Waals surface area (Å²) in [6.07, 6.45) is 9.44. The van der Waals surface area contributed by atoms with E-state index >= 15 is 0 Å². The molecule has 0 spiro atoms. The number of aliphatic hydroxyl groups excluding tert-OH is 1. The van der Waals surface area contributed by atoms with Crippen LogP contribution in [0.4, 0.5) is 5.82 Å². The molecule has 0 aliphatic carbocycles. The first-order chi connectivity index (χ1) is 18.5. The van der Waals surface area contributed by atoms with Gasteiger partial charge in [-0.3, -0.25) is 9.58 Å². The lowest BCUT2D eigenvalue weighted by Gasteiger charge is -2.35. The van der Waals surface area contributed by atoms with Crippen LogP contribution in [-0.2, 0) is 6.54 Å². The molecule has 0 saturated carbocycles. The maximum absolute atomic E-state index is 9.64. The minimum atomic E-state index is -0.296. The Bertz CT molecular complexity index is 1530. The lowest BCUT2D eigenvalue weighted by atomic mass is 10.1. The summed E-state index contributed by atoms with van der Waals surface area (Å²) < 4.78 is 1.92. The van der Waals surface area contributed by atoms with E-state index in [2.05, 4.69) is 43.1 Å². The Morgan fingerprint density at radius 3 is 2.58 bits per heavy atom. The number of halogens is 1. The zero-order valence-electron chi connectivity index (χ0n) is 21.3. The predicted molar refractivity (Wildman–Crippen MR) is 151 cm³/mol. The smallest absolute Gasteiger partial charge is 0.137 e. The van der Waals surface area contributed by atoms with Gasteiger partial charge in [0.1, 0.15) is 11.5 Å². The van der Waals surface area contributed by atoms with E-state index in [-0.39, 0.29) is 6.10 Å². The second kappa shape index (κ2) is 10.6. The van der Waals surface area contributed by atoms with E-state index in [9.17, 15) is 5.11 Å². The second-order valence-electron chi connectivity index (χ2n) is 9.92. The normalized spacial score (nSPS) is 15.3. The highest BCUT2D eigenvalue weighted by Gasteiger charge is 2.19. The number of anilines is 1.